The van der Waals surface area contributed by atoms with Gasteiger partial charge in [-0.2, -0.15) is 0 Å². The number of hydrogen-bond donors (Lipinski definition) is 2. The lowest BCUT2D eigenvalue weighted by Gasteiger charge is -2.33. The first-order valence-corrected chi connectivity index (χ1v) is 4.63. The normalized spacial score (nSPS) is 16.1. The standard InChI is InChI=1S/C10H22N2/c1-5-6-7-12-10(4,8-11)9(2)3/h5,9,12H,1,6-8,11H2,2-4H3. The highest BCUT2D eigenvalue weighted by molar-refractivity contribution is 4.87. The molecule has 12 heavy (non-hydrogen) atoms. The Hall–Kier alpha value is -0.340. The third kappa shape index (κ3) is 3.37. The smallest absolute Gasteiger partial charge is 0.0298 e. The van der Waals surface area contributed by atoms with E-state index in [2.05, 4.69) is 32.7 Å². The Kier molecular flexibility index (Phi) is 5.18. The van der Waals surface area contributed by atoms with E-state index >= 15 is 0 Å². The van der Waals surface area contributed by atoms with Crippen LogP contribution < -0.4 is 11.1 Å². The van der Waals surface area contributed by atoms with Gasteiger partial charge in [-0.05, 0) is 25.8 Å². The molecule has 2 nitrogen and oxygen atoms in total. The van der Waals surface area contributed by atoms with Gasteiger partial charge in [0.05, 0.1) is 0 Å². The highest BCUT2D eigenvalue weighted by Gasteiger charge is 2.24. The molecule has 3 N–H and O–H groups in total. The van der Waals surface area contributed by atoms with Crippen molar-refractivity contribution in [2.75, 3.05) is 13.1 Å². The molecule has 0 aromatic rings. The molecule has 0 radical (unpaired) electrons. The molecular formula is C10H22N2. The van der Waals surface area contributed by atoms with Gasteiger partial charge >= 0.3 is 0 Å². The Morgan fingerprint density at radius 1 is 1.58 bits per heavy atom. The van der Waals surface area contributed by atoms with E-state index in [9.17, 15) is 0 Å². The maximum atomic E-state index is 5.70. The molecule has 0 saturated carbocycles. The molecule has 0 amide bonds. The molecule has 0 aliphatic heterocycles. The van der Waals surface area contributed by atoms with E-state index in [4.69, 9.17) is 5.73 Å². The van der Waals surface area contributed by atoms with E-state index in [1.165, 1.54) is 0 Å². The largest absolute Gasteiger partial charge is 0.329 e. The van der Waals surface area contributed by atoms with Gasteiger partial charge in [-0.25, -0.2) is 0 Å². The summed E-state index contributed by atoms with van der Waals surface area (Å²) in [4.78, 5) is 0. The minimum atomic E-state index is 0.0724. The lowest BCUT2D eigenvalue weighted by molar-refractivity contribution is 0.272. The molecule has 1 atom stereocenters. The third-order valence-electron chi connectivity index (χ3n) is 2.58. The zero-order valence-corrected chi connectivity index (χ0v) is 8.56. The molecule has 0 aromatic heterocycles. The SMILES string of the molecule is C=CCCNC(C)(CN)C(C)C. The second kappa shape index (κ2) is 5.33. The molecule has 1 unspecified atom stereocenters. The fourth-order valence-electron chi connectivity index (χ4n) is 0.972. The average Bonchev–Trinajstić information content (AvgIpc) is 2.04. The summed E-state index contributed by atoms with van der Waals surface area (Å²) in [5.41, 5.74) is 5.77. The van der Waals surface area contributed by atoms with Crippen LogP contribution in [0.25, 0.3) is 0 Å². The molecule has 0 aliphatic carbocycles. The first kappa shape index (κ1) is 11.7. The van der Waals surface area contributed by atoms with Crippen LogP contribution in [0.4, 0.5) is 0 Å². The number of nitrogens with two attached hydrogens (primary N) is 1. The predicted molar refractivity (Wildman–Crippen MR) is 55.1 cm³/mol. The van der Waals surface area contributed by atoms with Crippen LogP contribution in [-0.4, -0.2) is 18.6 Å². The van der Waals surface area contributed by atoms with Crippen molar-refractivity contribution in [3.8, 4) is 0 Å². The lowest BCUT2D eigenvalue weighted by Crippen LogP contribution is -2.52. The van der Waals surface area contributed by atoms with Gasteiger partial charge in [-0.15, -0.1) is 6.58 Å². The number of nitrogens with one attached hydrogen (secondary N) is 1. The van der Waals surface area contributed by atoms with Crippen molar-refractivity contribution in [2.24, 2.45) is 11.7 Å². The van der Waals surface area contributed by atoms with Crippen LogP contribution in [-0.2, 0) is 0 Å². The maximum absolute atomic E-state index is 5.70. The summed E-state index contributed by atoms with van der Waals surface area (Å²) in [5.74, 6) is 0.562. The van der Waals surface area contributed by atoms with Gasteiger partial charge in [0, 0.05) is 12.1 Å². The topological polar surface area (TPSA) is 38.0 Å². The van der Waals surface area contributed by atoms with Gasteiger partial charge < -0.3 is 11.1 Å². The van der Waals surface area contributed by atoms with Crippen molar-refractivity contribution in [1.29, 1.82) is 0 Å². The summed E-state index contributed by atoms with van der Waals surface area (Å²) >= 11 is 0. The molecule has 2 heteroatoms. The maximum Gasteiger partial charge on any atom is 0.0298 e. The predicted octanol–water partition coefficient (Wildman–Crippen LogP) is 1.53. The summed E-state index contributed by atoms with van der Waals surface area (Å²) in [7, 11) is 0. The molecular weight excluding hydrogens is 148 g/mol. The van der Waals surface area contributed by atoms with Gasteiger partial charge in [0.2, 0.25) is 0 Å². The quantitative estimate of drug-likeness (QED) is 0.468. The van der Waals surface area contributed by atoms with Gasteiger partial charge in [0.25, 0.3) is 0 Å². The molecule has 0 heterocycles. The fraction of sp³-hybridized carbons (Fsp3) is 0.800. The monoisotopic (exact) mass is 170 g/mol. The van der Waals surface area contributed by atoms with Crippen LogP contribution in [0.2, 0.25) is 0 Å². The minimum absolute atomic E-state index is 0.0724. The summed E-state index contributed by atoms with van der Waals surface area (Å²) in [6, 6.07) is 0. The molecule has 0 spiro atoms. The highest BCUT2D eigenvalue weighted by atomic mass is 15.0. The van der Waals surface area contributed by atoms with Crippen LogP contribution in [0.3, 0.4) is 0 Å². The summed E-state index contributed by atoms with van der Waals surface area (Å²) in [5, 5.41) is 3.45. The van der Waals surface area contributed by atoms with Gasteiger partial charge in [0.15, 0.2) is 0 Å². The first-order chi connectivity index (χ1) is 5.56. The van der Waals surface area contributed by atoms with Crippen LogP contribution in [0.5, 0.6) is 0 Å². The Morgan fingerprint density at radius 3 is 2.50 bits per heavy atom. The van der Waals surface area contributed by atoms with Crippen molar-refractivity contribution < 1.29 is 0 Å². The zero-order valence-electron chi connectivity index (χ0n) is 8.56. The van der Waals surface area contributed by atoms with Crippen LogP contribution in [0, 0.1) is 5.92 Å². The summed E-state index contributed by atoms with van der Waals surface area (Å²) < 4.78 is 0. The Balaban J connectivity index is 3.87. The molecule has 0 aromatic carbocycles. The Labute approximate surface area is 76.2 Å². The van der Waals surface area contributed by atoms with Crippen molar-refractivity contribution in [3.05, 3.63) is 12.7 Å². The molecule has 0 bridgehead atoms. The molecule has 0 rings (SSSR count). The van der Waals surface area contributed by atoms with E-state index in [0.29, 0.717) is 12.5 Å². The van der Waals surface area contributed by atoms with E-state index < -0.39 is 0 Å². The zero-order chi connectivity index (χ0) is 9.61. The fourth-order valence-corrected chi connectivity index (χ4v) is 0.972. The summed E-state index contributed by atoms with van der Waals surface area (Å²) in [6.07, 6.45) is 2.92. The highest BCUT2D eigenvalue weighted by Crippen LogP contribution is 2.14. The van der Waals surface area contributed by atoms with E-state index in [-0.39, 0.29) is 5.54 Å². The molecule has 72 valence electrons. The van der Waals surface area contributed by atoms with E-state index in [0.717, 1.165) is 13.0 Å². The average molecular weight is 170 g/mol. The van der Waals surface area contributed by atoms with Crippen molar-refractivity contribution in [3.63, 3.8) is 0 Å². The number of rotatable bonds is 6. The van der Waals surface area contributed by atoms with E-state index in [1.807, 2.05) is 6.08 Å². The van der Waals surface area contributed by atoms with E-state index in [1.54, 1.807) is 0 Å². The summed E-state index contributed by atoms with van der Waals surface area (Å²) in [6.45, 7) is 11.9. The van der Waals surface area contributed by atoms with Crippen LogP contribution >= 0.6 is 0 Å². The lowest BCUT2D eigenvalue weighted by atomic mass is 9.88. The van der Waals surface area contributed by atoms with Gasteiger partial charge in [0.1, 0.15) is 0 Å². The van der Waals surface area contributed by atoms with Gasteiger partial charge in [-0.3, -0.25) is 0 Å². The van der Waals surface area contributed by atoms with Crippen LogP contribution in [0.15, 0.2) is 12.7 Å². The number of hydrogen-bond acceptors (Lipinski definition) is 2. The Morgan fingerprint density at radius 2 is 2.17 bits per heavy atom. The van der Waals surface area contributed by atoms with Crippen molar-refractivity contribution in [1.82, 2.24) is 5.32 Å². The second-order valence-electron chi connectivity index (χ2n) is 3.78. The second-order valence-corrected chi connectivity index (χ2v) is 3.78. The minimum Gasteiger partial charge on any atom is -0.329 e. The Bertz CT molecular complexity index is 132. The molecule has 0 aliphatic rings. The first-order valence-electron chi connectivity index (χ1n) is 4.63. The molecule has 0 fully saturated rings. The molecule has 0 saturated heterocycles. The van der Waals surface area contributed by atoms with Crippen molar-refractivity contribution >= 4 is 0 Å². The third-order valence-corrected chi connectivity index (χ3v) is 2.58. The van der Waals surface area contributed by atoms with Crippen LogP contribution in [0.1, 0.15) is 27.2 Å². The van der Waals surface area contributed by atoms with Crippen molar-refractivity contribution in [2.45, 2.75) is 32.7 Å². The van der Waals surface area contributed by atoms with Gasteiger partial charge in [-0.1, -0.05) is 19.9 Å².